The van der Waals surface area contributed by atoms with E-state index < -0.39 is 0 Å². The standard InChI is InChI=1S/C15H19N3/c1-12-5-4-6-13(7-12)11-18(3)15-8-14(16-2)9-17-10-15/h4-10,16H,11H2,1-3H3. The Bertz CT molecular complexity index is 523. The van der Waals surface area contributed by atoms with E-state index in [1.54, 1.807) is 0 Å². The fourth-order valence-corrected chi connectivity index (χ4v) is 1.95. The highest BCUT2D eigenvalue weighted by Gasteiger charge is 2.03. The molecule has 1 heterocycles. The van der Waals surface area contributed by atoms with E-state index in [1.165, 1.54) is 11.1 Å². The predicted molar refractivity (Wildman–Crippen MR) is 77.1 cm³/mol. The maximum atomic E-state index is 4.23. The highest BCUT2D eigenvalue weighted by atomic mass is 15.1. The third kappa shape index (κ3) is 3.00. The first-order valence-electron chi connectivity index (χ1n) is 6.08. The normalized spacial score (nSPS) is 10.2. The maximum Gasteiger partial charge on any atom is 0.0573 e. The Hall–Kier alpha value is -2.03. The highest BCUT2D eigenvalue weighted by Crippen LogP contribution is 2.18. The number of hydrogen-bond acceptors (Lipinski definition) is 3. The molecule has 2 rings (SSSR count). The number of nitrogens with zero attached hydrogens (tertiary/aromatic N) is 2. The minimum absolute atomic E-state index is 0.885. The zero-order valence-corrected chi connectivity index (χ0v) is 11.1. The second kappa shape index (κ2) is 5.54. The van der Waals surface area contributed by atoms with Crippen LogP contribution in [0.3, 0.4) is 0 Å². The Balaban J connectivity index is 2.13. The van der Waals surface area contributed by atoms with Gasteiger partial charge < -0.3 is 10.2 Å². The SMILES string of the molecule is CNc1cncc(N(C)Cc2cccc(C)c2)c1. The smallest absolute Gasteiger partial charge is 0.0573 e. The number of benzene rings is 1. The lowest BCUT2D eigenvalue weighted by molar-refractivity contribution is 0.916. The van der Waals surface area contributed by atoms with Gasteiger partial charge in [0.1, 0.15) is 0 Å². The van der Waals surface area contributed by atoms with Crippen molar-refractivity contribution in [3.63, 3.8) is 0 Å². The molecule has 1 aromatic carbocycles. The predicted octanol–water partition coefficient (Wildman–Crippen LogP) is 3.07. The van der Waals surface area contributed by atoms with Crippen LogP contribution in [0.2, 0.25) is 0 Å². The summed E-state index contributed by atoms with van der Waals surface area (Å²) in [5, 5.41) is 3.11. The van der Waals surface area contributed by atoms with Crippen LogP contribution in [0.25, 0.3) is 0 Å². The van der Waals surface area contributed by atoms with E-state index in [-0.39, 0.29) is 0 Å². The highest BCUT2D eigenvalue weighted by molar-refractivity contribution is 5.55. The molecule has 1 aromatic heterocycles. The lowest BCUT2D eigenvalue weighted by Gasteiger charge is -2.19. The van der Waals surface area contributed by atoms with E-state index in [0.717, 1.165) is 17.9 Å². The quantitative estimate of drug-likeness (QED) is 0.891. The van der Waals surface area contributed by atoms with Crippen molar-refractivity contribution in [1.29, 1.82) is 0 Å². The van der Waals surface area contributed by atoms with E-state index in [1.807, 2.05) is 19.4 Å². The summed E-state index contributed by atoms with van der Waals surface area (Å²) in [5.41, 5.74) is 4.75. The monoisotopic (exact) mass is 241 g/mol. The van der Waals surface area contributed by atoms with Crippen LogP contribution in [0, 0.1) is 6.92 Å². The van der Waals surface area contributed by atoms with Crippen LogP contribution in [0.5, 0.6) is 0 Å². The van der Waals surface area contributed by atoms with Gasteiger partial charge in [-0.05, 0) is 18.6 Å². The number of nitrogens with one attached hydrogen (secondary N) is 1. The van der Waals surface area contributed by atoms with Crippen molar-refractivity contribution < 1.29 is 0 Å². The zero-order chi connectivity index (χ0) is 13.0. The lowest BCUT2D eigenvalue weighted by Crippen LogP contribution is -2.16. The van der Waals surface area contributed by atoms with Crippen molar-refractivity contribution in [2.24, 2.45) is 0 Å². The van der Waals surface area contributed by atoms with Crippen molar-refractivity contribution >= 4 is 11.4 Å². The minimum atomic E-state index is 0.885. The van der Waals surface area contributed by atoms with Gasteiger partial charge in [0.2, 0.25) is 0 Å². The molecule has 94 valence electrons. The number of anilines is 2. The summed E-state index contributed by atoms with van der Waals surface area (Å²) in [6.07, 6.45) is 3.71. The maximum absolute atomic E-state index is 4.23. The molecule has 0 saturated carbocycles. The Morgan fingerprint density at radius 2 is 2.06 bits per heavy atom. The molecule has 0 aliphatic carbocycles. The van der Waals surface area contributed by atoms with Crippen molar-refractivity contribution in [2.45, 2.75) is 13.5 Å². The molecule has 0 amide bonds. The van der Waals surface area contributed by atoms with E-state index in [4.69, 9.17) is 0 Å². The molecule has 3 heteroatoms. The first-order chi connectivity index (χ1) is 8.69. The van der Waals surface area contributed by atoms with Gasteiger partial charge >= 0.3 is 0 Å². The number of aromatic nitrogens is 1. The third-order valence-electron chi connectivity index (χ3n) is 2.96. The van der Waals surface area contributed by atoms with Crippen LogP contribution < -0.4 is 10.2 Å². The number of aryl methyl sites for hydroxylation is 1. The largest absolute Gasteiger partial charge is 0.387 e. The van der Waals surface area contributed by atoms with E-state index in [9.17, 15) is 0 Å². The van der Waals surface area contributed by atoms with Gasteiger partial charge in [-0.15, -0.1) is 0 Å². The molecule has 0 unspecified atom stereocenters. The molecule has 3 nitrogen and oxygen atoms in total. The molecule has 0 bridgehead atoms. The van der Waals surface area contributed by atoms with Crippen LogP contribution in [0.4, 0.5) is 11.4 Å². The summed E-state index contributed by atoms with van der Waals surface area (Å²) >= 11 is 0. The average molecular weight is 241 g/mol. The molecule has 0 radical (unpaired) electrons. The molecule has 18 heavy (non-hydrogen) atoms. The van der Waals surface area contributed by atoms with Crippen molar-refractivity contribution in [3.05, 3.63) is 53.9 Å². The van der Waals surface area contributed by atoms with Gasteiger partial charge in [-0.25, -0.2) is 0 Å². The zero-order valence-electron chi connectivity index (χ0n) is 11.1. The molecule has 1 N–H and O–H groups in total. The van der Waals surface area contributed by atoms with E-state index in [2.05, 4.69) is 59.5 Å². The number of rotatable bonds is 4. The molecule has 0 spiro atoms. The van der Waals surface area contributed by atoms with Crippen molar-refractivity contribution in [3.8, 4) is 0 Å². The molecular formula is C15H19N3. The molecule has 2 aromatic rings. The van der Waals surface area contributed by atoms with Gasteiger partial charge in [0.05, 0.1) is 23.8 Å². The van der Waals surface area contributed by atoms with Gasteiger partial charge in [-0.1, -0.05) is 29.8 Å². The van der Waals surface area contributed by atoms with Crippen LogP contribution in [-0.2, 0) is 6.54 Å². The molecule has 0 aliphatic heterocycles. The van der Waals surface area contributed by atoms with Gasteiger partial charge in [0, 0.05) is 20.6 Å². The summed E-state index contributed by atoms with van der Waals surface area (Å²) in [6.45, 7) is 3.00. The van der Waals surface area contributed by atoms with Crippen LogP contribution in [0.15, 0.2) is 42.7 Å². The Morgan fingerprint density at radius 1 is 1.22 bits per heavy atom. The fourth-order valence-electron chi connectivity index (χ4n) is 1.95. The minimum Gasteiger partial charge on any atom is -0.387 e. The Kier molecular flexibility index (Phi) is 3.82. The first-order valence-corrected chi connectivity index (χ1v) is 6.08. The van der Waals surface area contributed by atoms with Gasteiger partial charge in [-0.3, -0.25) is 4.98 Å². The van der Waals surface area contributed by atoms with Crippen LogP contribution in [-0.4, -0.2) is 19.1 Å². The lowest BCUT2D eigenvalue weighted by atomic mass is 10.1. The van der Waals surface area contributed by atoms with Crippen LogP contribution >= 0.6 is 0 Å². The Labute approximate surface area is 108 Å². The molecule has 0 aliphatic rings. The fraction of sp³-hybridized carbons (Fsp3) is 0.267. The molecule has 0 atom stereocenters. The molecule has 0 saturated heterocycles. The first kappa shape index (κ1) is 12.4. The van der Waals surface area contributed by atoms with Gasteiger partial charge in [0.15, 0.2) is 0 Å². The Morgan fingerprint density at radius 3 is 2.78 bits per heavy atom. The summed E-state index contributed by atoms with van der Waals surface area (Å²) in [5.74, 6) is 0. The second-order valence-corrected chi connectivity index (χ2v) is 4.53. The molecular weight excluding hydrogens is 222 g/mol. The summed E-state index contributed by atoms with van der Waals surface area (Å²) < 4.78 is 0. The van der Waals surface area contributed by atoms with Crippen molar-refractivity contribution in [1.82, 2.24) is 4.98 Å². The third-order valence-corrected chi connectivity index (χ3v) is 2.96. The van der Waals surface area contributed by atoms with Crippen molar-refractivity contribution in [2.75, 3.05) is 24.3 Å². The average Bonchev–Trinajstić information content (AvgIpc) is 2.39. The van der Waals surface area contributed by atoms with Gasteiger partial charge in [-0.2, -0.15) is 0 Å². The summed E-state index contributed by atoms with van der Waals surface area (Å²) in [6, 6.07) is 10.7. The summed E-state index contributed by atoms with van der Waals surface area (Å²) in [7, 11) is 3.99. The summed E-state index contributed by atoms with van der Waals surface area (Å²) in [4.78, 5) is 6.43. The number of pyridine rings is 1. The van der Waals surface area contributed by atoms with Crippen LogP contribution in [0.1, 0.15) is 11.1 Å². The van der Waals surface area contributed by atoms with E-state index >= 15 is 0 Å². The van der Waals surface area contributed by atoms with E-state index in [0.29, 0.717) is 0 Å². The van der Waals surface area contributed by atoms with Gasteiger partial charge in [0.25, 0.3) is 0 Å². The second-order valence-electron chi connectivity index (χ2n) is 4.53. The molecule has 0 fully saturated rings. The topological polar surface area (TPSA) is 28.2 Å². The number of hydrogen-bond donors (Lipinski definition) is 1.